The van der Waals surface area contributed by atoms with Crippen LogP contribution in [0.1, 0.15) is 44.7 Å². The minimum atomic E-state index is -3.75. The fourth-order valence-electron chi connectivity index (χ4n) is 5.56. The molecule has 0 radical (unpaired) electrons. The first-order chi connectivity index (χ1) is 20.8. The maximum atomic E-state index is 14.1. The Morgan fingerprint density at radius 1 is 0.932 bits per heavy atom. The summed E-state index contributed by atoms with van der Waals surface area (Å²) in [6.07, 6.45) is 0.571. The van der Waals surface area contributed by atoms with Gasteiger partial charge in [0.05, 0.1) is 10.6 Å². The van der Waals surface area contributed by atoms with Crippen LogP contribution in [0.2, 0.25) is 10.0 Å². The average molecular weight is 653 g/mol. The van der Waals surface area contributed by atoms with Gasteiger partial charge in [0.25, 0.3) is 10.0 Å². The lowest BCUT2D eigenvalue weighted by molar-refractivity contribution is -0.142. The Morgan fingerprint density at radius 2 is 1.64 bits per heavy atom. The summed E-state index contributed by atoms with van der Waals surface area (Å²) < 4.78 is 28.3. The molecule has 1 N–H and O–H groups in total. The van der Waals surface area contributed by atoms with E-state index in [2.05, 4.69) is 5.32 Å². The molecule has 0 fully saturated rings. The Balaban J connectivity index is 1.43. The molecule has 10 heteroatoms. The highest BCUT2D eigenvalue weighted by Crippen LogP contribution is 2.42. The van der Waals surface area contributed by atoms with Crippen LogP contribution < -0.4 is 9.62 Å². The van der Waals surface area contributed by atoms with Gasteiger partial charge in [-0.25, -0.2) is 8.42 Å². The van der Waals surface area contributed by atoms with E-state index in [0.29, 0.717) is 26.7 Å². The third kappa shape index (κ3) is 6.88. The van der Waals surface area contributed by atoms with Gasteiger partial charge in [0.2, 0.25) is 11.8 Å². The lowest BCUT2D eigenvalue weighted by Crippen LogP contribution is -2.54. The molecular formula is C34H35Cl2N3O4S. The molecule has 0 saturated heterocycles. The Bertz CT molecular complexity index is 1800. The van der Waals surface area contributed by atoms with Crippen molar-refractivity contribution in [1.29, 1.82) is 0 Å². The number of nitrogens with one attached hydrogen (secondary N) is 1. The molecule has 1 aliphatic heterocycles. The molecule has 7 nitrogen and oxygen atoms in total. The van der Waals surface area contributed by atoms with Gasteiger partial charge in [0.15, 0.2) is 0 Å². The number of amides is 2. The number of hydrogen-bond acceptors (Lipinski definition) is 4. The lowest BCUT2D eigenvalue weighted by atomic mass is 10.00. The number of hydrogen-bond donors (Lipinski definition) is 1. The largest absolute Gasteiger partial charge is 0.350 e. The molecule has 0 saturated carbocycles. The van der Waals surface area contributed by atoms with Crippen molar-refractivity contribution >= 4 is 61.5 Å². The molecule has 0 spiro atoms. The Labute approximate surface area is 268 Å². The number of sulfonamides is 1. The standard InChI is InChI=1S/C34H35Cl2N3O4S/c1-34(2,3)37-33(41)29(20-23-10-5-4-6-11-23)38(22-25-17-18-26(35)21-27(25)36)31(40)16-9-19-39-28-14-7-12-24-13-8-15-30(32(24)28)44(39,42)43/h4-8,10-15,17-18,21,29H,9,16,19-20,22H2,1-3H3,(H,37,41). The van der Waals surface area contributed by atoms with Gasteiger partial charge in [0, 0.05) is 46.9 Å². The summed E-state index contributed by atoms with van der Waals surface area (Å²) in [5.74, 6) is -0.572. The molecule has 1 aliphatic rings. The van der Waals surface area contributed by atoms with Crippen LogP contribution in [0.3, 0.4) is 0 Å². The lowest BCUT2D eigenvalue weighted by Gasteiger charge is -2.34. The van der Waals surface area contributed by atoms with Crippen LogP contribution in [0.25, 0.3) is 10.8 Å². The number of carbonyl (C=O) groups excluding carboxylic acids is 2. The normalized spacial score (nSPS) is 14.4. The van der Waals surface area contributed by atoms with E-state index < -0.39 is 21.6 Å². The van der Waals surface area contributed by atoms with E-state index in [-0.39, 0.29) is 49.1 Å². The summed E-state index contributed by atoms with van der Waals surface area (Å²) in [5.41, 5.74) is 1.63. The van der Waals surface area contributed by atoms with E-state index in [9.17, 15) is 18.0 Å². The second-order valence-corrected chi connectivity index (χ2v) is 14.7. The molecule has 5 rings (SSSR count). The summed E-state index contributed by atoms with van der Waals surface area (Å²) in [6.45, 7) is 5.87. The maximum Gasteiger partial charge on any atom is 0.265 e. The molecule has 0 bridgehead atoms. The van der Waals surface area contributed by atoms with E-state index in [1.54, 1.807) is 41.3 Å². The van der Waals surface area contributed by atoms with Crippen LogP contribution in [0, 0.1) is 0 Å². The monoisotopic (exact) mass is 651 g/mol. The van der Waals surface area contributed by atoms with Crippen molar-refractivity contribution < 1.29 is 18.0 Å². The third-order valence-corrected chi connectivity index (χ3v) is 10.0. The molecule has 230 valence electrons. The van der Waals surface area contributed by atoms with Gasteiger partial charge in [-0.3, -0.25) is 13.9 Å². The third-order valence-electron chi connectivity index (χ3n) is 7.56. The maximum absolute atomic E-state index is 14.1. The van der Waals surface area contributed by atoms with Gasteiger partial charge in [-0.15, -0.1) is 0 Å². The molecule has 1 unspecified atom stereocenters. The first-order valence-corrected chi connectivity index (χ1v) is 16.7. The van der Waals surface area contributed by atoms with Crippen LogP contribution in [-0.2, 0) is 32.6 Å². The molecule has 1 heterocycles. The van der Waals surface area contributed by atoms with Crippen LogP contribution in [0.4, 0.5) is 5.69 Å². The zero-order valence-corrected chi connectivity index (χ0v) is 27.2. The average Bonchev–Trinajstić information content (AvgIpc) is 3.18. The summed E-state index contributed by atoms with van der Waals surface area (Å²) in [5, 5.41) is 5.44. The van der Waals surface area contributed by atoms with Crippen molar-refractivity contribution in [2.24, 2.45) is 0 Å². The summed E-state index contributed by atoms with van der Waals surface area (Å²) >= 11 is 12.7. The van der Waals surface area contributed by atoms with E-state index in [4.69, 9.17) is 23.2 Å². The predicted octanol–water partition coefficient (Wildman–Crippen LogP) is 6.99. The fraction of sp³-hybridized carbons (Fsp3) is 0.294. The first kappa shape index (κ1) is 31.8. The molecule has 2 amide bonds. The van der Waals surface area contributed by atoms with Gasteiger partial charge in [-0.1, -0.05) is 83.9 Å². The molecule has 4 aromatic rings. The van der Waals surface area contributed by atoms with E-state index in [0.717, 1.165) is 10.9 Å². The molecule has 4 aromatic carbocycles. The van der Waals surface area contributed by atoms with Crippen LogP contribution in [-0.4, -0.2) is 43.3 Å². The van der Waals surface area contributed by atoms with Crippen molar-refractivity contribution in [3.05, 3.63) is 106 Å². The van der Waals surface area contributed by atoms with Crippen LogP contribution >= 0.6 is 23.2 Å². The van der Waals surface area contributed by atoms with Crippen molar-refractivity contribution in [3.8, 4) is 0 Å². The smallest absolute Gasteiger partial charge is 0.265 e. The molecule has 0 aliphatic carbocycles. The number of nitrogens with zero attached hydrogens (tertiary/aromatic N) is 2. The predicted molar refractivity (Wildman–Crippen MR) is 177 cm³/mol. The van der Waals surface area contributed by atoms with Crippen molar-refractivity contribution in [2.45, 2.75) is 63.1 Å². The van der Waals surface area contributed by atoms with Crippen molar-refractivity contribution in [1.82, 2.24) is 10.2 Å². The molecule has 1 atom stereocenters. The summed E-state index contributed by atoms with van der Waals surface area (Å²) in [6, 6.07) is 24.5. The van der Waals surface area contributed by atoms with Gasteiger partial charge in [-0.2, -0.15) is 0 Å². The minimum absolute atomic E-state index is 0.0254. The second kappa shape index (κ2) is 12.8. The van der Waals surface area contributed by atoms with Crippen molar-refractivity contribution in [2.75, 3.05) is 10.8 Å². The molecule has 0 aromatic heterocycles. The van der Waals surface area contributed by atoms with E-state index in [1.165, 1.54) is 4.31 Å². The number of halogens is 2. The zero-order chi connectivity index (χ0) is 31.6. The number of rotatable bonds is 10. The Morgan fingerprint density at radius 3 is 2.32 bits per heavy atom. The minimum Gasteiger partial charge on any atom is -0.350 e. The molecular weight excluding hydrogens is 617 g/mol. The highest BCUT2D eigenvalue weighted by atomic mass is 35.5. The summed E-state index contributed by atoms with van der Waals surface area (Å²) in [7, 11) is -3.75. The highest BCUT2D eigenvalue weighted by molar-refractivity contribution is 7.93. The fourth-order valence-corrected chi connectivity index (χ4v) is 7.77. The quantitative estimate of drug-likeness (QED) is 0.200. The number of carbonyl (C=O) groups is 2. The Kier molecular flexibility index (Phi) is 9.25. The van der Waals surface area contributed by atoms with E-state index in [1.807, 2.05) is 69.3 Å². The number of benzene rings is 4. The van der Waals surface area contributed by atoms with Crippen molar-refractivity contribution in [3.63, 3.8) is 0 Å². The van der Waals surface area contributed by atoms with Crippen LogP contribution in [0.15, 0.2) is 89.8 Å². The van der Waals surface area contributed by atoms with Gasteiger partial charge < -0.3 is 10.2 Å². The second-order valence-electron chi connectivity index (χ2n) is 12.0. The topological polar surface area (TPSA) is 86.8 Å². The SMILES string of the molecule is CC(C)(C)NC(=O)C(Cc1ccccc1)N(Cc1ccc(Cl)cc1Cl)C(=O)CCCN1c2cccc3cccc(c23)S1(=O)=O. The highest BCUT2D eigenvalue weighted by Gasteiger charge is 2.36. The van der Waals surface area contributed by atoms with Gasteiger partial charge in [0.1, 0.15) is 6.04 Å². The van der Waals surface area contributed by atoms with E-state index >= 15 is 0 Å². The molecule has 44 heavy (non-hydrogen) atoms. The van der Waals surface area contributed by atoms with Crippen LogP contribution in [0.5, 0.6) is 0 Å². The van der Waals surface area contributed by atoms with Gasteiger partial charge >= 0.3 is 0 Å². The van der Waals surface area contributed by atoms with Gasteiger partial charge in [-0.05, 0) is 68.0 Å². The Hall–Kier alpha value is -3.59. The number of anilines is 1. The zero-order valence-electron chi connectivity index (χ0n) is 24.9. The summed E-state index contributed by atoms with van der Waals surface area (Å²) in [4.78, 5) is 29.7. The first-order valence-electron chi connectivity index (χ1n) is 14.5.